The van der Waals surface area contributed by atoms with Gasteiger partial charge in [-0.15, -0.1) is 0 Å². The standard InChI is InChI=1S/C33H40N2O7/c1-40-28-15-12-24(13-16-28)9-6-4-2-3-5-7-18-41-31-17-14-27(35-30(31)10-8-11-32(36)37)23-42-29-20-25(21-33(38)39)19-26(34)22-29/h8,10,12-17,19-20,22H,2-7,9,11,18,21,23,34H2,1H3,(H,36,37)(H,38,39). The summed E-state index contributed by atoms with van der Waals surface area (Å²) >= 11 is 0. The first-order valence-electron chi connectivity index (χ1n) is 14.2. The van der Waals surface area contributed by atoms with Crippen LogP contribution in [0.4, 0.5) is 5.69 Å². The van der Waals surface area contributed by atoms with Gasteiger partial charge in [0, 0.05) is 11.8 Å². The summed E-state index contributed by atoms with van der Waals surface area (Å²) in [5.41, 5.74) is 9.30. The lowest BCUT2D eigenvalue weighted by Gasteiger charge is -2.12. The molecule has 0 bridgehead atoms. The van der Waals surface area contributed by atoms with Crippen LogP contribution in [0.1, 0.15) is 67.5 Å². The number of methoxy groups -OCH3 is 1. The van der Waals surface area contributed by atoms with Gasteiger partial charge in [-0.05, 0) is 72.9 Å². The molecule has 0 aliphatic heterocycles. The van der Waals surface area contributed by atoms with Crippen molar-refractivity contribution in [2.45, 2.75) is 64.4 Å². The molecule has 4 N–H and O–H groups in total. The third-order valence-electron chi connectivity index (χ3n) is 6.52. The number of hydrogen-bond acceptors (Lipinski definition) is 7. The van der Waals surface area contributed by atoms with E-state index in [0.29, 0.717) is 40.7 Å². The summed E-state index contributed by atoms with van der Waals surface area (Å²) in [5.74, 6) is 0.0107. The van der Waals surface area contributed by atoms with Crippen LogP contribution in [0.15, 0.2) is 60.7 Å². The minimum atomic E-state index is -0.956. The lowest BCUT2D eigenvalue weighted by Crippen LogP contribution is -2.05. The van der Waals surface area contributed by atoms with Gasteiger partial charge in [-0.1, -0.05) is 43.9 Å². The first-order valence-corrected chi connectivity index (χ1v) is 14.2. The van der Waals surface area contributed by atoms with Crippen LogP contribution in [0.2, 0.25) is 0 Å². The van der Waals surface area contributed by atoms with Gasteiger partial charge in [0.05, 0.1) is 32.3 Å². The van der Waals surface area contributed by atoms with Crippen molar-refractivity contribution >= 4 is 23.7 Å². The highest BCUT2D eigenvalue weighted by atomic mass is 16.5. The van der Waals surface area contributed by atoms with Crippen LogP contribution in [0.5, 0.6) is 17.2 Å². The molecule has 0 radical (unpaired) electrons. The summed E-state index contributed by atoms with van der Waals surface area (Å²) in [6.07, 6.45) is 10.6. The molecule has 0 amide bonds. The van der Waals surface area contributed by atoms with E-state index in [2.05, 4.69) is 17.1 Å². The molecular weight excluding hydrogens is 536 g/mol. The second kappa shape index (κ2) is 17.3. The topological polar surface area (TPSA) is 141 Å². The van der Waals surface area contributed by atoms with Crippen molar-refractivity contribution in [2.75, 3.05) is 19.5 Å². The lowest BCUT2D eigenvalue weighted by atomic mass is 10.0. The molecule has 1 heterocycles. The number of nitrogens with two attached hydrogens (primary N) is 1. The Morgan fingerprint density at radius 1 is 0.833 bits per heavy atom. The summed E-state index contributed by atoms with van der Waals surface area (Å²) in [4.78, 5) is 26.6. The van der Waals surface area contributed by atoms with E-state index in [9.17, 15) is 9.59 Å². The number of aryl methyl sites for hydroxylation is 1. The van der Waals surface area contributed by atoms with Gasteiger partial charge in [0.15, 0.2) is 0 Å². The number of rotatable bonds is 19. The Balaban J connectivity index is 1.45. The third kappa shape index (κ3) is 11.9. The van der Waals surface area contributed by atoms with E-state index in [0.717, 1.165) is 37.9 Å². The zero-order chi connectivity index (χ0) is 30.2. The SMILES string of the molecule is COc1ccc(CCCCCCCCOc2ccc(COc3cc(N)cc(CC(=O)O)c3)nc2C=CCC(=O)O)cc1. The highest BCUT2D eigenvalue weighted by molar-refractivity contribution is 5.71. The Bertz CT molecular complexity index is 1320. The van der Waals surface area contributed by atoms with Crippen molar-refractivity contribution in [3.63, 3.8) is 0 Å². The molecule has 9 nitrogen and oxygen atoms in total. The molecule has 3 aromatic rings. The normalized spacial score (nSPS) is 11.0. The molecule has 3 rings (SSSR count). The number of unbranched alkanes of at least 4 members (excludes halogenated alkanes) is 5. The highest BCUT2D eigenvalue weighted by Crippen LogP contribution is 2.23. The van der Waals surface area contributed by atoms with E-state index in [1.165, 1.54) is 24.5 Å². The average Bonchev–Trinajstić information content (AvgIpc) is 2.95. The number of hydrogen-bond donors (Lipinski definition) is 3. The Kier molecular flexibility index (Phi) is 13.2. The lowest BCUT2D eigenvalue weighted by molar-refractivity contribution is -0.137. The minimum absolute atomic E-state index is 0.120. The van der Waals surface area contributed by atoms with Gasteiger partial charge in [-0.2, -0.15) is 0 Å². The van der Waals surface area contributed by atoms with Crippen LogP contribution in [0.25, 0.3) is 6.08 Å². The maximum absolute atomic E-state index is 11.0. The molecule has 0 atom stereocenters. The predicted molar refractivity (Wildman–Crippen MR) is 162 cm³/mol. The van der Waals surface area contributed by atoms with E-state index < -0.39 is 11.9 Å². The number of anilines is 1. The number of carboxylic acid groups (broad SMARTS) is 2. The summed E-state index contributed by atoms with van der Waals surface area (Å²) in [6.45, 7) is 0.660. The number of aliphatic carboxylic acids is 2. The largest absolute Gasteiger partial charge is 0.497 e. The van der Waals surface area contributed by atoms with Gasteiger partial charge < -0.3 is 30.2 Å². The average molecular weight is 577 g/mol. The molecule has 1 aromatic heterocycles. The fraction of sp³-hybridized carbons (Fsp3) is 0.364. The molecule has 0 aliphatic rings. The van der Waals surface area contributed by atoms with Gasteiger partial charge >= 0.3 is 11.9 Å². The Morgan fingerprint density at radius 2 is 1.57 bits per heavy atom. The monoisotopic (exact) mass is 576 g/mol. The molecule has 0 spiro atoms. The van der Waals surface area contributed by atoms with E-state index in [1.807, 2.05) is 12.1 Å². The Morgan fingerprint density at radius 3 is 2.29 bits per heavy atom. The maximum atomic E-state index is 11.0. The zero-order valence-corrected chi connectivity index (χ0v) is 24.1. The van der Waals surface area contributed by atoms with Crippen LogP contribution in [-0.4, -0.2) is 40.9 Å². The quantitative estimate of drug-likeness (QED) is 0.110. The van der Waals surface area contributed by atoms with Crippen molar-refractivity contribution in [1.29, 1.82) is 0 Å². The summed E-state index contributed by atoms with van der Waals surface area (Å²) in [6, 6.07) is 16.7. The number of carbonyl (C=O) groups is 2. The van der Waals surface area contributed by atoms with Crippen LogP contribution >= 0.6 is 0 Å². The first-order chi connectivity index (χ1) is 20.3. The van der Waals surface area contributed by atoms with Gasteiger partial charge in [0.25, 0.3) is 0 Å². The van der Waals surface area contributed by atoms with Crippen LogP contribution in [0.3, 0.4) is 0 Å². The third-order valence-corrected chi connectivity index (χ3v) is 6.52. The number of pyridine rings is 1. The molecule has 0 saturated carbocycles. The van der Waals surface area contributed by atoms with Crippen molar-refractivity contribution in [3.05, 3.63) is 83.2 Å². The second-order valence-corrected chi connectivity index (χ2v) is 10.0. The number of ether oxygens (including phenoxy) is 3. The van der Waals surface area contributed by atoms with Gasteiger partial charge in [-0.3, -0.25) is 9.59 Å². The molecule has 0 aliphatic carbocycles. The Labute approximate surface area is 247 Å². The van der Waals surface area contributed by atoms with Gasteiger partial charge in [0.2, 0.25) is 0 Å². The Hall–Kier alpha value is -4.53. The molecule has 224 valence electrons. The van der Waals surface area contributed by atoms with Gasteiger partial charge in [-0.25, -0.2) is 4.98 Å². The highest BCUT2D eigenvalue weighted by Gasteiger charge is 2.09. The van der Waals surface area contributed by atoms with Crippen LogP contribution in [0, 0.1) is 0 Å². The molecule has 2 aromatic carbocycles. The van der Waals surface area contributed by atoms with Crippen LogP contribution < -0.4 is 19.9 Å². The second-order valence-electron chi connectivity index (χ2n) is 10.0. The fourth-order valence-electron chi connectivity index (χ4n) is 4.41. The smallest absolute Gasteiger partial charge is 0.307 e. The minimum Gasteiger partial charge on any atom is -0.497 e. The van der Waals surface area contributed by atoms with Crippen molar-refractivity contribution in [1.82, 2.24) is 4.98 Å². The molecule has 0 fully saturated rings. The summed E-state index contributed by atoms with van der Waals surface area (Å²) in [5, 5.41) is 18.1. The van der Waals surface area contributed by atoms with Gasteiger partial charge in [0.1, 0.15) is 29.5 Å². The zero-order valence-electron chi connectivity index (χ0n) is 24.1. The number of nitrogen functional groups attached to an aromatic ring is 1. The van der Waals surface area contributed by atoms with Crippen molar-refractivity contribution in [3.8, 4) is 17.2 Å². The summed E-state index contributed by atoms with van der Waals surface area (Å²) in [7, 11) is 1.68. The number of aromatic nitrogens is 1. The molecule has 9 heteroatoms. The van der Waals surface area contributed by atoms with E-state index in [1.54, 1.807) is 43.5 Å². The van der Waals surface area contributed by atoms with Crippen LogP contribution in [-0.2, 0) is 29.0 Å². The first kappa shape index (κ1) is 32.0. The van der Waals surface area contributed by atoms with Crippen molar-refractivity contribution in [2.24, 2.45) is 0 Å². The number of carboxylic acids is 2. The van der Waals surface area contributed by atoms with E-state index >= 15 is 0 Å². The number of benzene rings is 2. The fourth-order valence-corrected chi connectivity index (χ4v) is 4.41. The molecule has 42 heavy (non-hydrogen) atoms. The molecular formula is C33H40N2O7. The summed E-state index contributed by atoms with van der Waals surface area (Å²) < 4.78 is 17.0. The van der Waals surface area contributed by atoms with Crippen molar-refractivity contribution < 1.29 is 34.0 Å². The molecule has 0 unspecified atom stereocenters. The maximum Gasteiger partial charge on any atom is 0.307 e. The van der Waals surface area contributed by atoms with E-state index in [-0.39, 0.29) is 19.4 Å². The predicted octanol–water partition coefficient (Wildman–Crippen LogP) is 6.33. The number of nitrogens with zero attached hydrogens (tertiary/aromatic N) is 1. The molecule has 0 saturated heterocycles. The van der Waals surface area contributed by atoms with E-state index in [4.69, 9.17) is 30.2 Å².